The van der Waals surface area contributed by atoms with Crippen molar-refractivity contribution in [2.24, 2.45) is 0 Å². The quantitative estimate of drug-likeness (QED) is 0.609. The lowest BCUT2D eigenvalue weighted by atomic mass is 9.99. The van der Waals surface area contributed by atoms with Crippen molar-refractivity contribution < 1.29 is 17.3 Å². The van der Waals surface area contributed by atoms with Crippen molar-refractivity contribution in [2.45, 2.75) is 11.8 Å². The summed E-state index contributed by atoms with van der Waals surface area (Å²) in [6, 6.07) is 8.78. The van der Waals surface area contributed by atoms with Gasteiger partial charge in [0.2, 0.25) is 0 Å². The van der Waals surface area contributed by atoms with Gasteiger partial charge in [0.1, 0.15) is 22.2 Å². The topological polar surface area (TPSA) is 60.2 Å². The molecule has 25 heavy (non-hydrogen) atoms. The van der Waals surface area contributed by atoms with Crippen LogP contribution in [0.3, 0.4) is 0 Å². The monoisotopic (exact) mass is 399 g/mol. The molecule has 8 heteroatoms. The highest BCUT2D eigenvalue weighted by atomic mass is 35.5. The lowest BCUT2D eigenvalue weighted by Crippen LogP contribution is -2.00. The molecule has 0 radical (unpaired) electrons. The number of aromatic nitrogens is 1. The Bertz CT molecular complexity index is 1060. The van der Waals surface area contributed by atoms with Gasteiger partial charge >= 0.3 is 0 Å². The number of rotatable bonds is 3. The van der Waals surface area contributed by atoms with E-state index in [2.05, 4.69) is 5.16 Å². The van der Waals surface area contributed by atoms with Gasteiger partial charge in [-0.05, 0) is 42.8 Å². The van der Waals surface area contributed by atoms with Crippen LogP contribution in [-0.2, 0) is 9.84 Å². The average molecular weight is 400 g/mol. The first-order chi connectivity index (χ1) is 11.7. The van der Waals surface area contributed by atoms with Crippen LogP contribution in [-0.4, -0.2) is 19.8 Å². The van der Waals surface area contributed by atoms with E-state index < -0.39 is 15.7 Å². The van der Waals surface area contributed by atoms with E-state index in [4.69, 9.17) is 27.7 Å². The predicted molar refractivity (Wildman–Crippen MR) is 95.2 cm³/mol. The first-order valence-corrected chi connectivity index (χ1v) is 9.74. The Labute approximate surface area is 154 Å². The normalized spacial score (nSPS) is 11.7. The van der Waals surface area contributed by atoms with Crippen LogP contribution in [0.5, 0.6) is 0 Å². The molecule has 0 amide bonds. The zero-order valence-electron chi connectivity index (χ0n) is 13.2. The zero-order valence-corrected chi connectivity index (χ0v) is 15.5. The van der Waals surface area contributed by atoms with E-state index in [0.717, 1.165) is 12.3 Å². The molecule has 0 atom stereocenters. The summed E-state index contributed by atoms with van der Waals surface area (Å²) in [7, 11) is -3.65. The van der Waals surface area contributed by atoms with Crippen molar-refractivity contribution in [3.63, 3.8) is 0 Å². The maximum atomic E-state index is 14.3. The van der Waals surface area contributed by atoms with E-state index in [9.17, 15) is 12.8 Å². The Morgan fingerprint density at radius 2 is 1.68 bits per heavy atom. The van der Waals surface area contributed by atoms with Gasteiger partial charge in [-0.25, -0.2) is 12.8 Å². The first-order valence-electron chi connectivity index (χ1n) is 7.09. The van der Waals surface area contributed by atoms with Crippen molar-refractivity contribution in [1.29, 1.82) is 0 Å². The fourth-order valence-electron chi connectivity index (χ4n) is 2.56. The maximum absolute atomic E-state index is 14.3. The third-order valence-electron chi connectivity index (χ3n) is 3.62. The molecule has 0 aliphatic heterocycles. The largest absolute Gasteiger partial charge is 0.360 e. The van der Waals surface area contributed by atoms with Crippen molar-refractivity contribution in [3.05, 3.63) is 58.0 Å². The summed E-state index contributed by atoms with van der Waals surface area (Å²) < 4.78 is 42.7. The van der Waals surface area contributed by atoms with Crippen LogP contribution < -0.4 is 0 Å². The second-order valence-electron chi connectivity index (χ2n) is 5.54. The summed E-state index contributed by atoms with van der Waals surface area (Å²) in [6.07, 6.45) is 0.954. The number of sulfone groups is 1. The predicted octanol–water partition coefficient (Wildman–Crippen LogP) is 5.17. The van der Waals surface area contributed by atoms with Gasteiger partial charge in [0.25, 0.3) is 0 Å². The van der Waals surface area contributed by atoms with Crippen LogP contribution in [0.15, 0.2) is 45.8 Å². The molecule has 0 aliphatic rings. The summed E-state index contributed by atoms with van der Waals surface area (Å²) in [5.41, 5.74) is 2.03. The van der Waals surface area contributed by atoms with E-state index in [1.165, 1.54) is 12.1 Å². The SMILES string of the molecule is Cc1onc(-c2cc(Cl)cc(Cl)c2)c1-c1ccc(S(C)(=O)=O)c(F)c1. The second-order valence-corrected chi connectivity index (χ2v) is 8.39. The molecular weight excluding hydrogens is 388 g/mol. The molecule has 0 unspecified atom stereocenters. The number of aryl methyl sites for hydroxylation is 1. The van der Waals surface area contributed by atoms with E-state index in [0.29, 0.717) is 38.2 Å². The van der Waals surface area contributed by atoms with Gasteiger partial charge in [0, 0.05) is 21.9 Å². The van der Waals surface area contributed by atoms with Crippen molar-refractivity contribution >= 4 is 33.0 Å². The fraction of sp³-hybridized carbons (Fsp3) is 0.118. The molecule has 2 aromatic carbocycles. The van der Waals surface area contributed by atoms with E-state index in [1.54, 1.807) is 25.1 Å². The lowest BCUT2D eigenvalue weighted by Gasteiger charge is -2.07. The van der Waals surface area contributed by atoms with E-state index in [-0.39, 0.29) is 4.90 Å². The van der Waals surface area contributed by atoms with Gasteiger partial charge in [0.15, 0.2) is 9.84 Å². The smallest absolute Gasteiger partial charge is 0.178 e. The van der Waals surface area contributed by atoms with Gasteiger partial charge in [-0.2, -0.15) is 0 Å². The molecule has 3 aromatic rings. The Kier molecular flexibility index (Phi) is 4.62. The average Bonchev–Trinajstić information content (AvgIpc) is 2.86. The van der Waals surface area contributed by atoms with Gasteiger partial charge in [-0.1, -0.05) is 34.4 Å². The van der Waals surface area contributed by atoms with Crippen LogP contribution in [0.2, 0.25) is 10.0 Å². The molecule has 130 valence electrons. The molecule has 1 aromatic heterocycles. The molecule has 4 nitrogen and oxygen atoms in total. The van der Waals surface area contributed by atoms with Crippen LogP contribution in [0, 0.1) is 12.7 Å². The molecule has 0 bridgehead atoms. The van der Waals surface area contributed by atoms with Crippen molar-refractivity contribution in [1.82, 2.24) is 5.16 Å². The fourth-order valence-corrected chi connectivity index (χ4v) is 3.81. The number of benzene rings is 2. The number of halogens is 3. The minimum Gasteiger partial charge on any atom is -0.360 e. The van der Waals surface area contributed by atoms with Gasteiger partial charge in [-0.15, -0.1) is 0 Å². The molecule has 3 rings (SSSR count). The van der Waals surface area contributed by atoms with Crippen LogP contribution in [0.1, 0.15) is 5.76 Å². The van der Waals surface area contributed by atoms with Crippen LogP contribution in [0.4, 0.5) is 4.39 Å². The third kappa shape index (κ3) is 3.56. The molecule has 0 N–H and O–H groups in total. The molecular formula is C17H12Cl2FNO3S. The molecule has 1 heterocycles. The summed E-state index contributed by atoms with van der Waals surface area (Å²) in [5.74, 6) is -0.381. The second kappa shape index (κ2) is 6.44. The van der Waals surface area contributed by atoms with Gasteiger partial charge < -0.3 is 4.52 Å². The summed E-state index contributed by atoms with van der Waals surface area (Å²) in [5, 5.41) is 4.86. The summed E-state index contributed by atoms with van der Waals surface area (Å²) >= 11 is 12.1. The Hall–Kier alpha value is -1.89. The number of hydrogen-bond acceptors (Lipinski definition) is 4. The highest BCUT2D eigenvalue weighted by molar-refractivity contribution is 7.90. The molecule has 0 saturated heterocycles. The molecule has 0 spiro atoms. The summed E-state index contributed by atoms with van der Waals surface area (Å²) in [6.45, 7) is 1.68. The van der Waals surface area contributed by atoms with Gasteiger partial charge in [0.05, 0.1) is 5.56 Å². The molecule has 0 saturated carbocycles. The molecule has 0 aliphatic carbocycles. The maximum Gasteiger partial charge on any atom is 0.178 e. The van der Waals surface area contributed by atoms with E-state index in [1.807, 2.05) is 0 Å². The highest BCUT2D eigenvalue weighted by Gasteiger charge is 2.20. The Morgan fingerprint density at radius 1 is 1.04 bits per heavy atom. The Morgan fingerprint density at radius 3 is 2.24 bits per heavy atom. The first kappa shape index (κ1) is 17.9. The number of hydrogen-bond donors (Lipinski definition) is 0. The lowest BCUT2D eigenvalue weighted by molar-refractivity contribution is 0.400. The van der Waals surface area contributed by atoms with Crippen molar-refractivity contribution in [2.75, 3.05) is 6.26 Å². The van der Waals surface area contributed by atoms with Crippen molar-refractivity contribution in [3.8, 4) is 22.4 Å². The standard InChI is InChI=1S/C17H12Cl2FNO3S/c1-9-16(10-3-4-15(14(20)7-10)25(2,22)23)17(21-24-9)11-5-12(18)8-13(19)6-11/h3-8H,1-2H3. The van der Waals surface area contributed by atoms with Crippen LogP contribution >= 0.6 is 23.2 Å². The van der Waals surface area contributed by atoms with E-state index >= 15 is 0 Å². The minimum atomic E-state index is -3.65. The van der Waals surface area contributed by atoms with Gasteiger partial charge in [-0.3, -0.25) is 0 Å². The minimum absolute atomic E-state index is 0.363. The third-order valence-corrected chi connectivity index (χ3v) is 5.19. The van der Waals surface area contributed by atoms with Crippen LogP contribution in [0.25, 0.3) is 22.4 Å². The highest BCUT2D eigenvalue weighted by Crippen LogP contribution is 2.37. The zero-order chi connectivity index (χ0) is 18.4. The number of nitrogens with zero attached hydrogens (tertiary/aromatic N) is 1. The Balaban J connectivity index is 2.19. The summed E-state index contributed by atoms with van der Waals surface area (Å²) in [4.78, 5) is -0.363. The molecule has 0 fully saturated rings.